The number of carboxylic acids is 1. The second-order valence-electron chi connectivity index (χ2n) is 3.44. The van der Waals surface area contributed by atoms with Crippen LogP contribution in [0, 0.1) is 0 Å². The monoisotopic (exact) mass is 235 g/mol. The lowest BCUT2D eigenvalue weighted by molar-refractivity contribution is -0.141. The summed E-state index contributed by atoms with van der Waals surface area (Å²) in [6, 6.07) is -0.798. The first-order chi connectivity index (χ1) is 7.11. The SMILES string of the molecule is CCCCCCC(NC(=O)CCl)C(=O)O. The number of carbonyl (C=O) groups excluding carboxylic acids is 1. The number of aliphatic carboxylic acids is 1. The van der Waals surface area contributed by atoms with Crippen LogP contribution in [0.1, 0.15) is 39.0 Å². The number of hydrogen-bond acceptors (Lipinski definition) is 2. The molecule has 0 bridgehead atoms. The lowest BCUT2D eigenvalue weighted by Crippen LogP contribution is -2.41. The van der Waals surface area contributed by atoms with Gasteiger partial charge in [0, 0.05) is 0 Å². The highest BCUT2D eigenvalue weighted by Gasteiger charge is 2.18. The molecule has 0 aliphatic rings. The molecule has 0 aromatic carbocycles. The molecular formula is C10H18ClNO3. The minimum Gasteiger partial charge on any atom is -0.480 e. The van der Waals surface area contributed by atoms with E-state index in [1.807, 2.05) is 0 Å². The molecule has 0 saturated carbocycles. The molecule has 0 aliphatic heterocycles. The highest BCUT2D eigenvalue weighted by Crippen LogP contribution is 2.05. The second kappa shape index (κ2) is 8.53. The summed E-state index contributed by atoms with van der Waals surface area (Å²) in [5.74, 6) is -1.62. The topological polar surface area (TPSA) is 66.4 Å². The number of amides is 1. The van der Waals surface area contributed by atoms with Crippen molar-refractivity contribution in [2.24, 2.45) is 0 Å². The van der Waals surface area contributed by atoms with Crippen LogP contribution in [-0.4, -0.2) is 28.9 Å². The van der Waals surface area contributed by atoms with E-state index in [1.165, 1.54) is 0 Å². The van der Waals surface area contributed by atoms with Gasteiger partial charge in [-0.15, -0.1) is 11.6 Å². The summed E-state index contributed by atoms with van der Waals surface area (Å²) < 4.78 is 0. The molecule has 1 unspecified atom stereocenters. The third kappa shape index (κ3) is 7.19. The first kappa shape index (κ1) is 14.2. The Labute approximate surface area is 95.0 Å². The molecule has 0 aromatic rings. The van der Waals surface area contributed by atoms with Crippen molar-refractivity contribution in [1.82, 2.24) is 5.32 Å². The number of unbranched alkanes of at least 4 members (excludes halogenated alkanes) is 3. The van der Waals surface area contributed by atoms with E-state index < -0.39 is 17.9 Å². The van der Waals surface area contributed by atoms with Crippen molar-refractivity contribution in [3.05, 3.63) is 0 Å². The van der Waals surface area contributed by atoms with Crippen LogP contribution in [0.2, 0.25) is 0 Å². The smallest absolute Gasteiger partial charge is 0.326 e. The molecule has 15 heavy (non-hydrogen) atoms. The van der Waals surface area contributed by atoms with E-state index >= 15 is 0 Å². The fraction of sp³-hybridized carbons (Fsp3) is 0.800. The average molecular weight is 236 g/mol. The van der Waals surface area contributed by atoms with Gasteiger partial charge in [-0.1, -0.05) is 32.6 Å². The summed E-state index contributed by atoms with van der Waals surface area (Å²) in [5, 5.41) is 11.2. The van der Waals surface area contributed by atoms with Crippen LogP contribution in [0.3, 0.4) is 0 Å². The Hall–Kier alpha value is -0.770. The highest BCUT2D eigenvalue weighted by atomic mass is 35.5. The minimum absolute atomic E-state index is 0.196. The molecule has 0 fully saturated rings. The average Bonchev–Trinajstić information content (AvgIpc) is 2.21. The minimum atomic E-state index is -0.995. The molecule has 2 N–H and O–H groups in total. The van der Waals surface area contributed by atoms with Crippen LogP contribution >= 0.6 is 11.6 Å². The van der Waals surface area contributed by atoms with Gasteiger partial charge < -0.3 is 10.4 Å². The first-order valence-corrected chi connectivity index (χ1v) is 5.73. The predicted octanol–water partition coefficient (Wildman–Crippen LogP) is 1.76. The zero-order valence-electron chi connectivity index (χ0n) is 8.96. The molecule has 5 heteroatoms. The molecule has 1 atom stereocenters. The van der Waals surface area contributed by atoms with Gasteiger partial charge >= 0.3 is 5.97 Å². The maximum absolute atomic E-state index is 10.9. The third-order valence-corrected chi connectivity index (χ3v) is 2.34. The summed E-state index contributed by atoms with van der Waals surface area (Å²) >= 11 is 5.28. The van der Waals surface area contributed by atoms with Crippen molar-refractivity contribution in [2.45, 2.75) is 45.1 Å². The molecule has 0 aromatic heterocycles. The van der Waals surface area contributed by atoms with Gasteiger partial charge in [0.25, 0.3) is 0 Å². The Kier molecular flexibility index (Phi) is 8.09. The van der Waals surface area contributed by atoms with Crippen LogP contribution in [0.25, 0.3) is 0 Å². The van der Waals surface area contributed by atoms with E-state index in [9.17, 15) is 9.59 Å². The van der Waals surface area contributed by atoms with Crippen LogP contribution in [0.15, 0.2) is 0 Å². The van der Waals surface area contributed by atoms with Gasteiger partial charge in [-0.2, -0.15) is 0 Å². The number of alkyl halides is 1. The normalized spacial score (nSPS) is 12.1. The summed E-state index contributed by atoms with van der Waals surface area (Å²) in [6.45, 7) is 2.09. The van der Waals surface area contributed by atoms with Crippen LogP contribution in [0.5, 0.6) is 0 Å². The van der Waals surface area contributed by atoms with Gasteiger partial charge in [0.1, 0.15) is 11.9 Å². The Bertz CT molecular complexity index is 209. The van der Waals surface area contributed by atoms with E-state index in [0.29, 0.717) is 6.42 Å². The Morgan fingerprint density at radius 1 is 1.33 bits per heavy atom. The van der Waals surface area contributed by atoms with E-state index in [2.05, 4.69) is 12.2 Å². The lowest BCUT2D eigenvalue weighted by atomic mass is 10.1. The maximum atomic E-state index is 10.9. The summed E-state index contributed by atoms with van der Waals surface area (Å²) in [5.41, 5.74) is 0. The summed E-state index contributed by atoms with van der Waals surface area (Å²) in [4.78, 5) is 21.7. The lowest BCUT2D eigenvalue weighted by Gasteiger charge is -2.13. The Balaban J connectivity index is 3.84. The van der Waals surface area contributed by atoms with Crippen LogP contribution in [0.4, 0.5) is 0 Å². The van der Waals surface area contributed by atoms with Crippen LogP contribution in [-0.2, 0) is 9.59 Å². The van der Waals surface area contributed by atoms with E-state index in [4.69, 9.17) is 16.7 Å². The molecular weight excluding hydrogens is 218 g/mol. The number of nitrogens with one attached hydrogen (secondary N) is 1. The number of rotatable bonds is 8. The molecule has 88 valence electrons. The maximum Gasteiger partial charge on any atom is 0.326 e. The van der Waals surface area contributed by atoms with E-state index in [0.717, 1.165) is 25.7 Å². The molecule has 4 nitrogen and oxygen atoms in total. The third-order valence-electron chi connectivity index (χ3n) is 2.10. The molecule has 0 aliphatic carbocycles. The number of hydrogen-bond donors (Lipinski definition) is 2. The molecule has 0 radical (unpaired) electrons. The van der Waals surface area contributed by atoms with Crippen molar-refractivity contribution in [3.63, 3.8) is 0 Å². The Morgan fingerprint density at radius 3 is 2.47 bits per heavy atom. The largest absolute Gasteiger partial charge is 0.480 e. The zero-order chi connectivity index (χ0) is 11.7. The van der Waals surface area contributed by atoms with Crippen LogP contribution < -0.4 is 5.32 Å². The van der Waals surface area contributed by atoms with Crippen molar-refractivity contribution in [1.29, 1.82) is 0 Å². The molecule has 1 amide bonds. The second-order valence-corrected chi connectivity index (χ2v) is 3.71. The van der Waals surface area contributed by atoms with E-state index in [1.54, 1.807) is 0 Å². The molecule has 0 spiro atoms. The summed E-state index contributed by atoms with van der Waals surface area (Å²) in [6.07, 6.45) is 4.48. The van der Waals surface area contributed by atoms with Gasteiger partial charge in [-0.3, -0.25) is 4.79 Å². The predicted molar refractivity (Wildman–Crippen MR) is 59.0 cm³/mol. The number of carboxylic acid groups (broad SMARTS) is 1. The standard InChI is InChI=1S/C10H18ClNO3/c1-2-3-4-5-6-8(10(14)15)12-9(13)7-11/h8H,2-7H2,1H3,(H,12,13)(H,14,15). The number of carbonyl (C=O) groups is 2. The van der Waals surface area contributed by atoms with Gasteiger partial charge in [-0.05, 0) is 6.42 Å². The van der Waals surface area contributed by atoms with Gasteiger partial charge in [0.2, 0.25) is 5.91 Å². The fourth-order valence-electron chi connectivity index (χ4n) is 1.27. The van der Waals surface area contributed by atoms with Gasteiger partial charge in [0.05, 0.1) is 0 Å². The van der Waals surface area contributed by atoms with Crippen molar-refractivity contribution in [3.8, 4) is 0 Å². The van der Waals surface area contributed by atoms with Crippen molar-refractivity contribution >= 4 is 23.5 Å². The summed E-state index contributed by atoms with van der Waals surface area (Å²) in [7, 11) is 0. The number of halogens is 1. The van der Waals surface area contributed by atoms with Crippen molar-refractivity contribution < 1.29 is 14.7 Å². The van der Waals surface area contributed by atoms with E-state index in [-0.39, 0.29) is 5.88 Å². The fourth-order valence-corrected chi connectivity index (χ4v) is 1.34. The van der Waals surface area contributed by atoms with Gasteiger partial charge in [0.15, 0.2) is 0 Å². The zero-order valence-corrected chi connectivity index (χ0v) is 9.72. The molecule has 0 rings (SSSR count). The van der Waals surface area contributed by atoms with Gasteiger partial charge in [-0.25, -0.2) is 4.79 Å². The molecule has 0 saturated heterocycles. The Morgan fingerprint density at radius 2 is 2.00 bits per heavy atom. The van der Waals surface area contributed by atoms with Crippen molar-refractivity contribution in [2.75, 3.05) is 5.88 Å². The highest BCUT2D eigenvalue weighted by molar-refractivity contribution is 6.27. The quantitative estimate of drug-likeness (QED) is 0.498. The molecule has 0 heterocycles. The first-order valence-electron chi connectivity index (χ1n) is 5.20.